The van der Waals surface area contributed by atoms with Crippen LogP contribution in [-0.2, 0) is 18.6 Å². The Bertz CT molecular complexity index is 1440. The number of rotatable bonds is 4. The molecule has 5 rings (SSSR count). The maximum absolute atomic E-state index is 12.9. The van der Waals surface area contributed by atoms with Gasteiger partial charge in [-0.2, -0.15) is 5.10 Å². The van der Waals surface area contributed by atoms with Gasteiger partial charge < -0.3 is 20.4 Å². The van der Waals surface area contributed by atoms with Crippen molar-refractivity contribution < 1.29 is 19.8 Å². The van der Waals surface area contributed by atoms with E-state index in [4.69, 9.17) is 0 Å². The zero-order chi connectivity index (χ0) is 24.7. The lowest BCUT2D eigenvalue weighted by atomic mass is 9.96. The molecule has 0 saturated carbocycles. The molecular weight excluding hydrogens is 446 g/mol. The van der Waals surface area contributed by atoms with Crippen LogP contribution in [0.25, 0.3) is 16.9 Å². The summed E-state index contributed by atoms with van der Waals surface area (Å²) in [6.45, 7) is 4.19. The van der Waals surface area contributed by atoms with E-state index in [0.29, 0.717) is 42.1 Å². The number of nitrogens with one attached hydrogen (secondary N) is 1. The van der Waals surface area contributed by atoms with Crippen molar-refractivity contribution in [2.24, 2.45) is 0 Å². The minimum Gasteiger partial charge on any atom is -0.465 e. The lowest BCUT2D eigenvalue weighted by molar-refractivity contribution is 0.0784. The summed E-state index contributed by atoms with van der Waals surface area (Å²) in [7, 11) is 0. The van der Waals surface area contributed by atoms with Gasteiger partial charge in [-0.3, -0.25) is 4.79 Å². The Labute approximate surface area is 201 Å². The zero-order valence-corrected chi connectivity index (χ0v) is 19.4. The van der Waals surface area contributed by atoms with Crippen LogP contribution in [0.5, 0.6) is 0 Å². The fraction of sp³-hybridized carbons (Fsp3) is 0.231. The second-order valence-corrected chi connectivity index (χ2v) is 9.16. The van der Waals surface area contributed by atoms with Gasteiger partial charge in [-0.15, -0.1) is 0 Å². The maximum Gasteiger partial charge on any atom is 0.407 e. The van der Waals surface area contributed by atoms with Gasteiger partial charge in [0, 0.05) is 36.3 Å². The number of carboxylic acid groups (broad SMARTS) is 1. The summed E-state index contributed by atoms with van der Waals surface area (Å²) >= 11 is 0. The Morgan fingerprint density at radius 3 is 2.51 bits per heavy atom. The van der Waals surface area contributed by atoms with E-state index in [1.165, 1.54) is 4.90 Å². The van der Waals surface area contributed by atoms with E-state index in [1.54, 1.807) is 61.0 Å². The number of hydrogen-bond acceptors (Lipinski definition) is 5. The third-order valence-corrected chi connectivity index (χ3v) is 6.24. The van der Waals surface area contributed by atoms with Crippen molar-refractivity contribution in [2.45, 2.75) is 32.4 Å². The van der Waals surface area contributed by atoms with Gasteiger partial charge in [-0.1, -0.05) is 24.3 Å². The van der Waals surface area contributed by atoms with E-state index < -0.39 is 11.7 Å². The van der Waals surface area contributed by atoms with Gasteiger partial charge in [-0.05, 0) is 55.2 Å². The Balaban J connectivity index is 1.47. The zero-order valence-electron chi connectivity index (χ0n) is 19.4. The summed E-state index contributed by atoms with van der Waals surface area (Å²) in [5.41, 5.74) is 4.38. The summed E-state index contributed by atoms with van der Waals surface area (Å²) in [4.78, 5) is 30.2. The molecule has 9 nitrogen and oxygen atoms in total. The van der Waals surface area contributed by atoms with Crippen LogP contribution in [0.4, 0.5) is 10.6 Å². The van der Waals surface area contributed by atoms with Gasteiger partial charge in [0.05, 0.1) is 17.5 Å². The molecule has 0 unspecified atom stereocenters. The van der Waals surface area contributed by atoms with E-state index in [-0.39, 0.29) is 5.91 Å². The number of carbonyl (C=O) groups excluding carboxylic acids is 1. The highest BCUT2D eigenvalue weighted by molar-refractivity contribution is 6.04. The van der Waals surface area contributed by atoms with E-state index in [1.807, 2.05) is 18.2 Å². The molecule has 178 valence electrons. The molecule has 2 aromatic heterocycles. The highest BCUT2D eigenvalue weighted by atomic mass is 16.4. The first-order chi connectivity index (χ1) is 16.7. The van der Waals surface area contributed by atoms with Gasteiger partial charge in [0.1, 0.15) is 5.82 Å². The van der Waals surface area contributed by atoms with Crippen LogP contribution in [0.1, 0.15) is 40.9 Å². The second kappa shape index (κ2) is 8.52. The molecule has 2 aromatic carbocycles. The second-order valence-electron chi connectivity index (χ2n) is 9.16. The van der Waals surface area contributed by atoms with Crippen LogP contribution in [0.2, 0.25) is 0 Å². The summed E-state index contributed by atoms with van der Waals surface area (Å²) in [6, 6.07) is 16.3. The Morgan fingerprint density at radius 2 is 1.80 bits per heavy atom. The molecule has 1 aliphatic rings. The van der Waals surface area contributed by atoms with E-state index >= 15 is 0 Å². The molecule has 35 heavy (non-hydrogen) atoms. The van der Waals surface area contributed by atoms with Crippen molar-refractivity contribution in [3.05, 3.63) is 83.0 Å². The number of aromatic nitrogens is 3. The molecule has 4 aromatic rings. The third-order valence-electron chi connectivity index (χ3n) is 6.24. The molecule has 3 N–H and O–H groups in total. The minimum atomic E-state index is -0.991. The van der Waals surface area contributed by atoms with E-state index in [2.05, 4.69) is 15.4 Å². The maximum atomic E-state index is 12.9. The standard InChI is InChI=1S/C26H25N5O4/c1-26(2,35)20-7-5-17(6-8-20)24(32)29-22-14-21(31-23(28-22)9-11-27-31)18-4-3-16-10-12-30(25(33)34)15-19(16)13-18/h3-9,11,13-14,35H,10,12,15H2,1-2H3,(H,33,34)(H,28,29,32). The molecule has 0 radical (unpaired) electrons. The van der Waals surface area contributed by atoms with Crippen molar-refractivity contribution >= 4 is 23.5 Å². The monoisotopic (exact) mass is 471 g/mol. The van der Waals surface area contributed by atoms with Gasteiger partial charge in [0.2, 0.25) is 0 Å². The first-order valence-corrected chi connectivity index (χ1v) is 11.3. The van der Waals surface area contributed by atoms with Crippen LogP contribution in [0.15, 0.2) is 60.8 Å². The van der Waals surface area contributed by atoms with Crippen LogP contribution in [-0.4, -0.2) is 48.3 Å². The fourth-order valence-corrected chi connectivity index (χ4v) is 4.28. The molecule has 0 spiro atoms. The summed E-state index contributed by atoms with van der Waals surface area (Å²) in [5, 5.41) is 26.7. The SMILES string of the molecule is CC(C)(O)c1ccc(C(=O)Nc2cc(-c3ccc4c(c3)CN(C(=O)O)CC4)n3nccc3n2)cc1. The Hall–Kier alpha value is -4.24. The topological polar surface area (TPSA) is 120 Å². The van der Waals surface area contributed by atoms with Gasteiger partial charge in [-0.25, -0.2) is 14.3 Å². The molecule has 2 amide bonds. The largest absolute Gasteiger partial charge is 0.465 e. The molecule has 0 bridgehead atoms. The predicted molar refractivity (Wildman–Crippen MR) is 130 cm³/mol. The highest BCUT2D eigenvalue weighted by Gasteiger charge is 2.21. The molecule has 0 aliphatic carbocycles. The summed E-state index contributed by atoms with van der Waals surface area (Å²) < 4.78 is 1.69. The average molecular weight is 472 g/mol. The number of fused-ring (bicyclic) bond motifs is 2. The average Bonchev–Trinajstić information content (AvgIpc) is 3.31. The minimum absolute atomic E-state index is 0.322. The van der Waals surface area contributed by atoms with Crippen LogP contribution in [0, 0.1) is 0 Å². The molecule has 0 saturated heterocycles. The van der Waals surface area contributed by atoms with Gasteiger partial charge >= 0.3 is 6.09 Å². The predicted octanol–water partition coefficient (Wildman–Crippen LogP) is 3.91. The number of aliphatic hydroxyl groups is 1. The summed E-state index contributed by atoms with van der Waals surface area (Å²) in [5.74, 6) is 0.0478. The molecular formula is C26H25N5O4. The van der Waals surface area contributed by atoms with Crippen molar-refractivity contribution in [3.63, 3.8) is 0 Å². The number of hydrogen-bond donors (Lipinski definition) is 3. The normalized spacial score (nSPS) is 13.5. The smallest absolute Gasteiger partial charge is 0.407 e. The summed E-state index contributed by atoms with van der Waals surface area (Å²) in [6.07, 6.45) is 1.38. The fourth-order valence-electron chi connectivity index (χ4n) is 4.28. The Morgan fingerprint density at radius 1 is 1.03 bits per heavy atom. The third kappa shape index (κ3) is 4.45. The molecule has 9 heteroatoms. The van der Waals surface area contributed by atoms with E-state index in [9.17, 15) is 19.8 Å². The molecule has 1 aliphatic heterocycles. The number of amides is 2. The van der Waals surface area contributed by atoms with Crippen LogP contribution in [0.3, 0.4) is 0 Å². The Kier molecular flexibility index (Phi) is 5.49. The number of benzene rings is 2. The van der Waals surface area contributed by atoms with Crippen molar-refractivity contribution in [2.75, 3.05) is 11.9 Å². The molecule has 0 fully saturated rings. The van der Waals surface area contributed by atoms with Crippen molar-refractivity contribution in [1.82, 2.24) is 19.5 Å². The van der Waals surface area contributed by atoms with Gasteiger partial charge in [0.15, 0.2) is 5.65 Å². The molecule has 0 atom stereocenters. The first-order valence-electron chi connectivity index (χ1n) is 11.3. The van der Waals surface area contributed by atoms with Crippen molar-refractivity contribution in [1.29, 1.82) is 0 Å². The first kappa shape index (κ1) is 22.5. The quantitative estimate of drug-likeness (QED) is 0.415. The lowest BCUT2D eigenvalue weighted by Crippen LogP contribution is -2.34. The van der Waals surface area contributed by atoms with Crippen LogP contribution >= 0.6 is 0 Å². The number of carbonyl (C=O) groups is 2. The lowest BCUT2D eigenvalue weighted by Gasteiger charge is -2.26. The number of anilines is 1. The van der Waals surface area contributed by atoms with Crippen molar-refractivity contribution in [3.8, 4) is 11.3 Å². The van der Waals surface area contributed by atoms with Gasteiger partial charge in [0.25, 0.3) is 5.91 Å². The number of nitrogens with zero attached hydrogens (tertiary/aromatic N) is 4. The van der Waals surface area contributed by atoms with E-state index in [0.717, 1.165) is 22.4 Å². The van der Waals surface area contributed by atoms with Crippen LogP contribution < -0.4 is 5.32 Å². The highest BCUT2D eigenvalue weighted by Crippen LogP contribution is 2.28. The molecule has 3 heterocycles.